The van der Waals surface area contributed by atoms with Gasteiger partial charge in [-0.25, -0.2) is 0 Å². The highest BCUT2D eigenvalue weighted by Gasteiger charge is 2.32. The Morgan fingerprint density at radius 2 is 1.77 bits per heavy atom. The first-order valence-electron chi connectivity index (χ1n) is 7.61. The lowest BCUT2D eigenvalue weighted by Gasteiger charge is -2.28. The van der Waals surface area contributed by atoms with Crippen molar-refractivity contribution in [1.82, 2.24) is 4.90 Å². The minimum atomic E-state index is -0.203. The van der Waals surface area contributed by atoms with Crippen LogP contribution in [0.15, 0.2) is 35.4 Å². The third-order valence-corrected chi connectivity index (χ3v) is 4.24. The first-order chi connectivity index (χ1) is 10.6. The van der Waals surface area contributed by atoms with Crippen molar-refractivity contribution in [1.29, 1.82) is 0 Å². The highest BCUT2D eigenvalue weighted by molar-refractivity contribution is 6.22. The van der Waals surface area contributed by atoms with Crippen molar-refractivity contribution in [3.8, 4) is 11.5 Å². The molecule has 1 aliphatic heterocycles. The molecule has 1 fully saturated rings. The molecular weight excluding hydrogens is 277 g/mol. The van der Waals surface area contributed by atoms with E-state index in [0.717, 1.165) is 36.4 Å². The molecule has 0 amide bonds. The molecule has 4 nitrogen and oxygen atoms in total. The summed E-state index contributed by atoms with van der Waals surface area (Å²) in [5, 5.41) is 9.48. The SMILES string of the molecule is COc1ccccc1OC.[B]C1=C2C(CCN2C)CC(O)C1. The number of benzene rings is 1. The third-order valence-electron chi connectivity index (χ3n) is 4.24. The van der Waals surface area contributed by atoms with Crippen LogP contribution in [-0.4, -0.2) is 51.8 Å². The van der Waals surface area contributed by atoms with E-state index in [4.69, 9.17) is 17.3 Å². The molecule has 2 radical (unpaired) electrons. The predicted molar refractivity (Wildman–Crippen MR) is 88.3 cm³/mol. The van der Waals surface area contributed by atoms with Gasteiger partial charge in [0, 0.05) is 25.2 Å². The van der Waals surface area contributed by atoms with Crippen LogP contribution in [0.25, 0.3) is 0 Å². The van der Waals surface area contributed by atoms with Crippen LogP contribution >= 0.6 is 0 Å². The Bertz CT molecular complexity index is 509. The first kappa shape index (κ1) is 16.8. The molecule has 2 atom stereocenters. The number of aliphatic hydroxyl groups excluding tert-OH is 1. The van der Waals surface area contributed by atoms with E-state index >= 15 is 0 Å². The molecule has 0 saturated carbocycles. The third kappa shape index (κ3) is 3.77. The van der Waals surface area contributed by atoms with Gasteiger partial charge in [-0.2, -0.15) is 0 Å². The molecule has 0 spiro atoms. The zero-order valence-electron chi connectivity index (χ0n) is 13.6. The zero-order chi connectivity index (χ0) is 16.1. The van der Waals surface area contributed by atoms with Crippen molar-refractivity contribution in [3.63, 3.8) is 0 Å². The van der Waals surface area contributed by atoms with Crippen molar-refractivity contribution in [2.45, 2.75) is 25.4 Å². The Morgan fingerprint density at radius 3 is 2.32 bits per heavy atom. The predicted octanol–water partition coefficient (Wildman–Crippen LogP) is 2.18. The van der Waals surface area contributed by atoms with Crippen LogP contribution < -0.4 is 9.47 Å². The number of fused-ring (bicyclic) bond motifs is 1. The van der Waals surface area contributed by atoms with E-state index in [1.54, 1.807) is 14.2 Å². The Balaban J connectivity index is 0.000000164. The fourth-order valence-electron chi connectivity index (χ4n) is 3.21. The van der Waals surface area contributed by atoms with Crippen LogP contribution in [0.4, 0.5) is 0 Å². The smallest absolute Gasteiger partial charge is 0.160 e. The van der Waals surface area contributed by atoms with Crippen molar-refractivity contribution in [2.75, 3.05) is 27.8 Å². The minimum absolute atomic E-state index is 0.203. The summed E-state index contributed by atoms with van der Waals surface area (Å²) >= 11 is 0. The lowest BCUT2D eigenvalue weighted by Crippen LogP contribution is -2.24. The quantitative estimate of drug-likeness (QED) is 0.850. The van der Waals surface area contributed by atoms with Crippen molar-refractivity contribution < 1.29 is 14.6 Å². The number of hydrogen-bond acceptors (Lipinski definition) is 4. The lowest BCUT2D eigenvalue weighted by atomic mass is 9.77. The first-order valence-corrected chi connectivity index (χ1v) is 7.61. The monoisotopic (exact) mass is 301 g/mol. The van der Waals surface area contributed by atoms with Crippen LogP contribution in [0.2, 0.25) is 0 Å². The molecule has 0 bridgehead atoms. The van der Waals surface area contributed by atoms with Gasteiger partial charge in [0.2, 0.25) is 0 Å². The number of hydrogen-bond donors (Lipinski definition) is 1. The Hall–Kier alpha value is -1.62. The second-order valence-electron chi connectivity index (χ2n) is 5.77. The largest absolute Gasteiger partial charge is 0.493 e. The molecule has 1 saturated heterocycles. The van der Waals surface area contributed by atoms with Gasteiger partial charge in [0.25, 0.3) is 0 Å². The van der Waals surface area contributed by atoms with Crippen LogP contribution in [0.3, 0.4) is 0 Å². The Labute approximate surface area is 134 Å². The van der Waals surface area contributed by atoms with Crippen LogP contribution in [0.5, 0.6) is 11.5 Å². The van der Waals surface area contributed by atoms with Crippen LogP contribution in [0.1, 0.15) is 19.3 Å². The number of nitrogens with zero attached hydrogens (tertiary/aromatic N) is 1. The van der Waals surface area contributed by atoms with E-state index in [-0.39, 0.29) is 6.10 Å². The highest BCUT2D eigenvalue weighted by atomic mass is 16.5. The summed E-state index contributed by atoms with van der Waals surface area (Å²) < 4.78 is 10.0. The molecule has 1 heterocycles. The number of aliphatic hydroxyl groups is 1. The van der Waals surface area contributed by atoms with Crippen molar-refractivity contribution >= 4 is 7.85 Å². The standard InChI is InChI=1S/C9H14BNO.C8H10O2/c1-11-3-2-6-4-7(12)5-8(10)9(6)11;1-9-7-5-3-4-6-8(7)10-2/h6-7,12H,2-5H2,1H3;3-6H,1-2H3. The van der Waals surface area contributed by atoms with E-state index in [0.29, 0.717) is 12.3 Å². The molecule has 1 aromatic carbocycles. The van der Waals surface area contributed by atoms with Crippen LogP contribution in [0, 0.1) is 5.92 Å². The zero-order valence-corrected chi connectivity index (χ0v) is 13.6. The second kappa shape index (κ2) is 7.59. The lowest BCUT2D eigenvalue weighted by molar-refractivity contribution is 0.141. The topological polar surface area (TPSA) is 41.9 Å². The highest BCUT2D eigenvalue weighted by Crippen LogP contribution is 2.37. The van der Waals surface area contributed by atoms with E-state index < -0.39 is 0 Å². The van der Waals surface area contributed by atoms with Crippen molar-refractivity contribution in [2.24, 2.45) is 5.92 Å². The van der Waals surface area contributed by atoms with Gasteiger partial charge in [-0.05, 0) is 31.4 Å². The fourth-order valence-corrected chi connectivity index (χ4v) is 3.21. The molecule has 1 aliphatic carbocycles. The molecule has 5 heteroatoms. The molecule has 1 aromatic rings. The van der Waals surface area contributed by atoms with Crippen molar-refractivity contribution in [3.05, 3.63) is 35.4 Å². The summed E-state index contributed by atoms with van der Waals surface area (Å²) in [6, 6.07) is 7.53. The van der Waals surface area contributed by atoms with E-state index in [2.05, 4.69) is 11.9 Å². The number of ether oxygens (including phenoxy) is 2. The van der Waals surface area contributed by atoms with Gasteiger partial charge < -0.3 is 19.5 Å². The molecule has 3 rings (SSSR count). The van der Waals surface area contributed by atoms with Gasteiger partial charge in [-0.3, -0.25) is 0 Å². The molecule has 0 aromatic heterocycles. The average molecular weight is 301 g/mol. The summed E-state index contributed by atoms with van der Waals surface area (Å²) in [4.78, 5) is 2.23. The maximum absolute atomic E-state index is 9.48. The van der Waals surface area contributed by atoms with E-state index in [9.17, 15) is 5.11 Å². The van der Waals surface area contributed by atoms with Gasteiger partial charge in [0.1, 0.15) is 7.85 Å². The van der Waals surface area contributed by atoms with E-state index in [1.165, 1.54) is 5.70 Å². The normalized spacial score (nSPS) is 23.5. The minimum Gasteiger partial charge on any atom is -0.493 e. The molecule has 118 valence electrons. The molecule has 22 heavy (non-hydrogen) atoms. The van der Waals surface area contributed by atoms with Crippen LogP contribution in [-0.2, 0) is 0 Å². The summed E-state index contributed by atoms with van der Waals surface area (Å²) in [5.74, 6) is 2.06. The molecule has 2 aliphatic rings. The number of rotatable bonds is 2. The maximum atomic E-state index is 9.48. The van der Waals surface area contributed by atoms with Gasteiger partial charge in [0.15, 0.2) is 11.5 Å². The van der Waals surface area contributed by atoms with Gasteiger partial charge in [-0.1, -0.05) is 17.6 Å². The number of allylic oxidation sites excluding steroid dienone is 1. The second-order valence-corrected chi connectivity index (χ2v) is 5.77. The molecular formula is C17H24BNO3. The number of likely N-dealkylation sites (tertiary alicyclic amines) is 1. The summed E-state index contributed by atoms with van der Waals surface area (Å²) in [5.41, 5.74) is 2.19. The van der Waals surface area contributed by atoms with E-state index in [1.807, 2.05) is 24.3 Å². The summed E-state index contributed by atoms with van der Waals surface area (Å²) in [6.07, 6.45) is 2.52. The Morgan fingerprint density at radius 1 is 1.18 bits per heavy atom. The number of para-hydroxylation sites is 2. The number of methoxy groups -OCH3 is 2. The average Bonchev–Trinajstić information content (AvgIpc) is 2.89. The molecule has 1 N–H and O–H groups in total. The van der Waals surface area contributed by atoms with Gasteiger partial charge >= 0.3 is 0 Å². The fraction of sp³-hybridized carbons (Fsp3) is 0.529. The van der Waals surface area contributed by atoms with Gasteiger partial charge in [-0.15, -0.1) is 0 Å². The summed E-state index contributed by atoms with van der Waals surface area (Å²) in [7, 11) is 11.2. The summed E-state index contributed by atoms with van der Waals surface area (Å²) in [6.45, 7) is 1.09. The van der Waals surface area contributed by atoms with Gasteiger partial charge in [0.05, 0.1) is 20.3 Å². The Kier molecular flexibility index (Phi) is 5.78. The molecule has 2 unspecified atom stereocenters. The maximum Gasteiger partial charge on any atom is 0.160 e.